The van der Waals surface area contributed by atoms with Crippen molar-refractivity contribution in [1.82, 2.24) is 4.90 Å². The predicted octanol–water partition coefficient (Wildman–Crippen LogP) is 3.43. The number of benzene rings is 2. The number of amides is 2. The van der Waals surface area contributed by atoms with Gasteiger partial charge in [0.1, 0.15) is 5.58 Å². The Morgan fingerprint density at radius 3 is 2.64 bits per heavy atom. The van der Waals surface area contributed by atoms with Crippen molar-refractivity contribution in [1.29, 1.82) is 0 Å². The molecule has 0 unspecified atom stereocenters. The highest BCUT2D eigenvalue weighted by Crippen LogP contribution is 2.52. The van der Waals surface area contributed by atoms with E-state index in [0.29, 0.717) is 29.7 Å². The number of fused-ring (bicyclic) bond motifs is 5. The Labute approximate surface area is 190 Å². The van der Waals surface area contributed by atoms with Crippen LogP contribution in [0.4, 0.5) is 5.69 Å². The van der Waals surface area contributed by atoms with Crippen molar-refractivity contribution in [3.63, 3.8) is 0 Å². The molecule has 1 fully saturated rings. The molecule has 7 heteroatoms. The molecule has 33 heavy (non-hydrogen) atoms. The summed E-state index contributed by atoms with van der Waals surface area (Å²) >= 11 is 0. The van der Waals surface area contributed by atoms with Gasteiger partial charge in [0.25, 0.3) is 11.8 Å². The summed E-state index contributed by atoms with van der Waals surface area (Å²) in [5.41, 5.74) is -0.0370. The summed E-state index contributed by atoms with van der Waals surface area (Å²) in [6, 6.07) is 14.3. The van der Waals surface area contributed by atoms with Gasteiger partial charge in [0, 0.05) is 25.3 Å². The number of rotatable bonds is 4. The largest absolute Gasteiger partial charge is 0.450 e. The number of nitrogens with zero attached hydrogens (tertiary/aromatic N) is 2. The number of ether oxygens (including phenoxy) is 1. The van der Waals surface area contributed by atoms with E-state index in [2.05, 4.69) is 0 Å². The van der Waals surface area contributed by atoms with Crippen LogP contribution in [0.25, 0.3) is 11.0 Å². The first-order valence-corrected chi connectivity index (χ1v) is 11.5. The van der Waals surface area contributed by atoms with E-state index in [9.17, 15) is 14.4 Å². The monoisotopic (exact) mass is 444 g/mol. The molecule has 3 aliphatic heterocycles. The maximum atomic E-state index is 14.3. The number of carbonyl (C=O) groups is 2. The van der Waals surface area contributed by atoms with E-state index in [1.807, 2.05) is 31.2 Å². The molecule has 1 saturated heterocycles. The molecule has 2 aromatic carbocycles. The van der Waals surface area contributed by atoms with E-state index < -0.39 is 11.4 Å². The standard InChI is InChI=1S/C26H24N2O5/c1-2-13-27-19-11-5-4-10-18(19)26(25(27)31)21-22(29)17-9-3-6-12-20(17)33-23(21)24(30)28(26)15-16-8-7-14-32-16/h3-6,9-12,16H,2,7-8,13-15H2,1H3/t16-,26-/m0/s1. The van der Waals surface area contributed by atoms with Gasteiger partial charge in [-0.2, -0.15) is 0 Å². The molecule has 3 aliphatic rings. The third-order valence-electron chi connectivity index (χ3n) is 7.00. The molecule has 6 rings (SSSR count). The SMILES string of the molecule is CCCN1C(=O)[C@]2(c3ccccc31)c1c(oc3ccccc3c1=O)C(=O)N2C[C@@H]1CCCO1. The Balaban J connectivity index is 1.68. The number of hydrogen-bond donors (Lipinski definition) is 0. The topological polar surface area (TPSA) is 80.1 Å². The summed E-state index contributed by atoms with van der Waals surface area (Å²) in [4.78, 5) is 45.2. The number of anilines is 1. The molecule has 0 bridgehead atoms. The molecule has 1 spiro atoms. The zero-order chi connectivity index (χ0) is 22.7. The number of hydrogen-bond acceptors (Lipinski definition) is 5. The highest BCUT2D eigenvalue weighted by molar-refractivity contribution is 6.17. The van der Waals surface area contributed by atoms with Gasteiger partial charge in [0.15, 0.2) is 11.0 Å². The lowest BCUT2D eigenvalue weighted by molar-refractivity contribution is -0.126. The van der Waals surface area contributed by atoms with E-state index in [1.54, 1.807) is 29.2 Å². The zero-order valence-corrected chi connectivity index (χ0v) is 18.4. The quantitative estimate of drug-likeness (QED) is 0.616. The summed E-state index contributed by atoms with van der Waals surface area (Å²) < 4.78 is 11.9. The molecular weight excluding hydrogens is 420 g/mol. The summed E-state index contributed by atoms with van der Waals surface area (Å²) in [5, 5.41) is 0.363. The second-order valence-corrected chi connectivity index (χ2v) is 8.87. The molecule has 7 nitrogen and oxygen atoms in total. The van der Waals surface area contributed by atoms with Crippen LogP contribution in [-0.2, 0) is 15.1 Å². The first-order valence-electron chi connectivity index (χ1n) is 11.5. The molecule has 4 heterocycles. The van der Waals surface area contributed by atoms with Crippen LogP contribution in [0.5, 0.6) is 0 Å². The summed E-state index contributed by atoms with van der Waals surface area (Å²) in [5.74, 6) is -0.763. The van der Waals surface area contributed by atoms with Gasteiger partial charge in [-0.1, -0.05) is 37.3 Å². The van der Waals surface area contributed by atoms with Crippen LogP contribution in [0, 0.1) is 0 Å². The average Bonchev–Trinajstić information content (AvgIpc) is 3.49. The van der Waals surface area contributed by atoms with Gasteiger partial charge >= 0.3 is 0 Å². The van der Waals surface area contributed by atoms with Crippen LogP contribution in [0.15, 0.2) is 57.7 Å². The lowest BCUT2D eigenvalue weighted by Crippen LogP contribution is -2.55. The molecule has 2 amide bonds. The van der Waals surface area contributed by atoms with Crippen molar-refractivity contribution >= 4 is 28.5 Å². The van der Waals surface area contributed by atoms with E-state index in [4.69, 9.17) is 9.15 Å². The van der Waals surface area contributed by atoms with Crippen molar-refractivity contribution < 1.29 is 18.7 Å². The Morgan fingerprint density at radius 2 is 1.85 bits per heavy atom. The third kappa shape index (κ3) is 2.57. The van der Waals surface area contributed by atoms with E-state index in [1.165, 1.54) is 4.90 Å². The maximum Gasteiger partial charge on any atom is 0.291 e. The van der Waals surface area contributed by atoms with Crippen LogP contribution in [-0.4, -0.2) is 42.5 Å². The Bertz CT molecular complexity index is 1360. The fraction of sp³-hybridized carbons (Fsp3) is 0.346. The van der Waals surface area contributed by atoms with Crippen molar-refractivity contribution in [2.45, 2.75) is 37.8 Å². The fourth-order valence-corrected chi connectivity index (χ4v) is 5.63. The summed E-state index contributed by atoms with van der Waals surface area (Å²) in [6.07, 6.45) is 2.26. The molecule has 0 aliphatic carbocycles. The van der Waals surface area contributed by atoms with Gasteiger partial charge in [0.05, 0.1) is 22.7 Å². The number of carbonyl (C=O) groups excluding carboxylic acids is 2. The Hall–Kier alpha value is -3.45. The lowest BCUT2D eigenvalue weighted by Gasteiger charge is -2.35. The van der Waals surface area contributed by atoms with Gasteiger partial charge in [0.2, 0.25) is 5.76 Å². The molecule has 2 atom stereocenters. The highest BCUT2D eigenvalue weighted by Gasteiger charge is 2.65. The molecule has 168 valence electrons. The molecule has 0 saturated carbocycles. The molecular formula is C26H24N2O5. The maximum absolute atomic E-state index is 14.3. The summed E-state index contributed by atoms with van der Waals surface area (Å²) in [7, 11) is 0. The Morgan fingerprint density at radius 1 is 1.06 bits per heavy atom. The zero-order valence-electron chi connectivity index (χ0n) is 18.4. The van der Waals surface area contributed by atoms with Gasteiger partial charge in [-0.3, -0.25) is 14.4 Å². The van der Waals surface area contributed by atoms with Crippen molar-refractivity contribution in [3.8, 4) is 0 Å². The van der Waals surface area contributed by atoms with E-state index >= 15 is 0 Å². The lowest BCUT2D eigenvalue weighted by atomic mass is 9.83. The van der Waals surface area contributed by atoms with Crippen LogP contribution in [0.1, 0.15) is 47.9 Å². The minimum atomic E-state index is -1.55. The fourth-order valence-electron chi connectivity index (χ4n) is 5.63. The van der Waals surface area contributed by atoms with Gasteiger partial charge in [-0.15, -0.1) is 0 Å². The smallest absolute Gasteiger partial charge is 0.291 e. The van der Waals surface area contributed by atoms with Crippen LogP contribution >= 0.6 is 0 Å². The van der Waals surface area contributed by atoms with Gasteiger partial charge in [-0.05, 0) is 37.5 Å². The second-order valence-electron chi connectivity index (χ2n) is 8.87. The normalized spacial score (nSPS) is 23.7. The minimum Gasteiger partial charge on any atom is -0.450 e. The Kier molecular flexibility index (Phi) is 4.45. The van der Waals surface area contributed by atoms with E-state index in [-0.39, 0.29) is 35.3 Å². The molecule has 0 N–H and O–H groups in total. The molecule has 0 radical (unpaired) electrons. The highest BCUT2D eigenvalue weighted by atomic mass is 16.5. The van der Waals surface area contributed by atoms with Gasteiger partial charge in [-0.25, -0.2) is 0 Å². The molecule has 1 aromatic heterocycles. The van der Waals surface area contributed by atoms with E-state index in [0.717, 1.165) is 24.9 Å². The summed E-state index contributed by atoms with van der Waals surface area (Å²) in [6.45, 7) is 3.34. The minimum absolute atomic E-state index is 0.0433. The van der Waals surface area contributed by atoms with Gasteiger partial charge < -0.3 is 19.0 Å². The van der Waals surface area contributed by atoms with Crippen molar-refractivity contribution in [3.05, 3.63) is 75.6 Å². The second kappa shape index (κ2) is 7.28. The number of para-hydroxylation sites is 2. The van der Waals surface area contributed by atoms with Crippen LogP contribution in [0.3, 0.4) is 0 Å². The van der Waals surface area contributed by atoms with Crippen LogP contribution < -0.4 is 10.3 Å². The first kappa shape index (κ1) is 20.2. The third-order valence-corrected chi connectivity index (χ3v) is 7.00. The first-order chi connectivity index (χ1) is 16.1. The van der Waals surface area contributed by atoms with Crippen LogP contribution in [0.2, 0.25) is 0 Å². The molecule has 3 aromatic rings. The van der Waals surface area contributed by atoms with Crippen molar-refractivity contribution in [2.75, 3.05) is 24.6 Å². The predicted molar refractivity (Wildman–Crippen MR) is 122 cm³/mol. The average molecular weight is 444 g/mol. The van der Waals surface area contributed by atoms with Crippen molar-refractivity contribution in [2.24, 2.45) is 0 Å².